The number of ether oxygens (including phenoxy) is 3. The molecule has 9 rings (SSSR count). The molecule has 1 unspecified atom stereocenters. The Labute approximate surface area is 354 Å². The summed E-state index contributed by atoms with van der Waals surface area (Å²) in [6, 6.07) is 14.6. The van der Waals surface area contributed by atoms with Gasteiger partial charge in [-0.25, -0.2) is 0 Å². The van der Waals surface area contributed by atoms with Gasteiger partial charge in [0.05, 0.1) is 17.9 Å². The smallest absolute Gasteiger partial charge is 0.157 e. The van der Waals surface area contributed by atoms with Crippen molar-refractivity contribution in [2.45, 2.75) is 54.9 Å². The van der Waals surface area contributed by atoms with E-state index in [9.17, 15) is 76.6 Å². The first-order valence-corrected chi connectivity index (χ1v) is 19.3. The Hall–Kier alpha value is -7.80. The van der Waals surface area contributed by atoms with Gasteiger partial charge in [0.15, 0.2) is 46.7 Å². The van der Waals surface area contributed by atoms with E-state index in [1.165, 1.54) is 18.2 Å². The summed E-state index contributed by atoms with van der Waals surface area (Å²) in [6.45, 7) is 0. The Bertz CT molecular complexity index is 2840. The highest BCUT2D eigenvalue weighted by Crippen LogP contribution is 2.61. The van der Waals surface area contributed by atoms with E-state index in [0.29, 0.717) is 0 Å². The first kappa shape index (κ1) is 40.6. The molecule has 8 atom stereocenters. The predicted molar refractivity (Wildman–Crippen MR) is 214 cm³/mol. The van der Waals surface area contributed by atoms with Gasteiger partial charge in [0.25, 0.3) is 0 Å². The van der Waals surface area contributed by atoms with Gasteiger partial charge in [-0.1, -0.05) is 18.2 Å². The van der Waals surface area contributed by atoms with Crippen molar-refractivity contribution >= 4 is 0 Å². The molecule has 3 aliphatic heterocycles. The van der Waals surface area contributed by atoms with Crippen LogP contribution in [-0.2, 0) is 6.42 Å². The molecule has 0 aromatic heterocycles. The fourth-order valence-electron chi connectivity index (χ4n) is 8.93. The zero-order valence-electron chi connectivity index (χ0n) is 32.3. The van der Waals surface area contributed by atoms with E-state index in [4.69, 9.17) is 14.2 Å². The molecular weight excluding hydrogens is 828 g/mol. The molecule has 0 fully saturated rings. The fourth-order valence-corrected chi connectivity index (χ4v) is 8.93. The summed E-state index contributed by atoms with van der Waals surface area (Å²) in [5.41, 5.74) is -1.20. The van der Waals surface area contributed by atoms with Crippen LogP contribution in [0.25, 0.3) is 0 Å². The van der Waals surface area contributed by atoms with Gasteiger partial charge in [0.1, 0.15) is 70.1 Å². The Morgan fingerprint density at radius 1 is 0.381 bits per heavy atom. The standard InChI is InChI=1S/C45H38O18/c46-18-10-27(54)33-31(11-18)61-43(16-2-5-21(48)25(52)8-16)40(59)37(33)34-29(56)14-32-36(39(34)58)38(41(60)44(62-32)17-3-6-22(49)26(53)9-17)35-28(55)13-23(50)19-12-30(57)42(63-45(19)35)15-1-4-20(47)24(51)7-15/h1-11,13-14,30,37-38,40-44,46-60H,12H2/t30-,37-,38?,40-,41-,42-,43-,44-/m1/s1. The minimum atomic E-state index is -1.90. The monoisotopic (exact) mass is 866 g/mol. The molecule has 0 radical (unpaired) electrons. The first-order chi connectivity index (χ1) is 29.9. The molecule has 0 spiro atoms. The first-order valence-electron chi connectivity index (χ1n) is 19.3. The van der Waals surface area contributed by atoms with Gasteiger partial charge in [-0.3, -0.25) is 0 Å². The summed E-state index contributed by atoms with van der Waals surface area (Å²) in [5, 5.41) is 166. The third-order valence-corrected chi connectivity index (χ3v) is 11.8. The molecule has 18 heteroatoms. The molecule has 18 nitrogen and oxygen atoms in total. The third-order valence-electron chi connectivity index (χ3n) is 11.8. The van der Waals surface area contributed by atoms with Crippen LogP contribution in [0, 0.1) is 0 Å². The molecule has 6 aromatic rings. The second-order valence-corrected chi connectivity index (χ2v) is 15.7. The molecule has 0 saturated heterocycles. The molecule has 6 aromatic carbocycles. The van der Waals surface area contributed by atoms with Gasteiger partial charge in [-0.05, 0) is 53.1 Å². The number of rotatable bonds is 5. The maximum atomic E-state index is 12.6. The average Bonchev–Trinajstić information content (AvgIpc) is 3.22. The molecule has 63 heavy (non-hydrogen) atoms. The number of hydrogen-bond donors (Lipinski definition) is 15. The number of phenols is 12. The number of aromatic hydroxyl groups is 12. The molecule has 0 saturated carbocycles. The number of aliphatic hydroxyl groups excluding tert-OH is 3. The zero-order chi connectivity index (χ0) is 44.9. The van der Waals surface area contributed by atoms with Crippen LogP contribution >= 0.6 is 0 Å². The minimum absolute atomic E-state index is 0.0518. The lowest BCUT2D eigenvalue weighted by atomic mass is 9.74. The molecular formula is C45H38O18. The highest BCUT2D eigenvalue weighted by Gasteiger charge is 2.50. The van der Waals surface area contributed by atoms with Crippen LogP contribution in [0.5, 0.6) is 86.2 Å². The highest BCUT2D eigenvalue weighted by atomic mass is 16.5. The van der Waals surface area contributed by atoms with Crippen molar-refractivity contribution in [1.82, 2.24) is 0 Å². The maximum Gasteiger partial charge on any atom is 0.157 e. The number of phenolic OH excluding ortho intramolecular Hbond substituents is 12. The van der Waals surface area contributed by atoms with Gasteiger partial charge in [-0.2, -0.15) is 0 Å². The maximum absolute atomic E-state index is 12.6. The second-order valence-electron chi connectivity index (χ2n) is 15.7. The van der Waals surface area contributed by atoms with E-state index >= 15 is 0 Å². The molecule has 0 aliphatic carbocycles. The van der Waals surface area contributed by atoms with Crippen molar-refractivity contribution in [2.24, 2.45) is 0 Å². The van der Waals surface area contributed by atoms with E-state index in [-0.39, 0.29) is 62.6 Å². The third kappa shape index (κ3) is 6.46. The second kappa shape index (κ2) is 14.7. The summed E-state index contributed by atoms with van der Waals surface area (Å²) in [7, 11) is 0. The SMILES string of the molecule is Oc1cc(O)c2c(c1)O[C@H](c1ccc(O)c(O)c1)[C@H](O)[C@H]2c1c(O)cc2c(c1O)C(c1c(O)cc(O)c3c1O[C@H](c1ccc(O)c(O)c1)[C@H](O)C3)[C@@H](O)[C@@H](c1ccc(O)c(O)c1)O2. The normalized spacial score (nSPS) is 23.6. The quantitative estimate of drug-likeness (QED) is 0.106. The summed E-state index contributed by atoms with van der Waals surface area (Å²) < 4.78 is 18.6. The number of benzene rings is 6. The van der Waals surface area contributed by atoms with Crippen LogP contribution in [0.4, 0.5) is 0 Å². The van der Waals surface area contributed by atoms with Crippen LogP contribution < -0.4 is 14.2 Å². The molecule has 326 valence electrons. The zero-order valence-corrected chi connectivity index (χ0v) is 32.3. The summed E-state index contributed by atoms with van der Waals surface area (Å²) in [4.78, 5) is 0. The van der Waals surface area contributed by atoms with E-state index < -0.39 is 123 Å². The number of fused-ring (bicyclic) bond motifs is 3. The Morgan fingerprint density at radius 2 is 0.841 bits per heavy atom. The Kier molecular flexibility index (Phi) is 9.46. The molecule has 0 bridgehead atoms. The Balaban J connectivity index is 1.29. The predicted octanol–water partition coefficient (Wildman–Crippen LogP) is 4.44. The van der Waals surface area contributed by atoms with Crippen LogP contribution in [-0.4, -0.2) is 94.9 Å². The summed E-state index contributed by atoms with van der Waals surface area (Å²) in [6.07, 6.45) is -9.81. The van der Waals surface area contributed by atoms with Crippen LogP contribution in [0.2, 0.25) is 0 Å². The summed E-state index contributed by atoms with van der Waals surface area (Å²) >= 11 is 0. The van der Waals surface area contributed by atoms with Gasteiger partial charge in [-0.15, -0.1) is 0 Å². The van der Waals surface area contributed by atoms with Gasteiger partial charge in [0.2, 0.25) is 0 Å². The Morgan fingerprint density at radius 3 is 1.37 bits per heavy atom. The van der Waals surface area contributed by atoms with Gasteiger partial charge in [0, 0.05) is 58.5 Å². The van der Waals surface area contributed by atoms with Gasteiger partial charge < -0.3 is 90.8 Å². The highest BCUT2D eigenvalue weighted by molar-refractivity contribution is 5.70. The number of aliphatic hydroxyl groups is 3. The molecule has 3 aliphatic rings. The fraction of sp³-hybridized carbons (Fsp3) is 0.200. The van der Waals surface area contributed by atoms with Crippen molar-refractivity contribution in [3.63, 3.8) is 0 Å². The van der Waals surface area contributed by atoms with Crippen molar-refractivity contribution < 1.29 is 90.8 Å². The van der Waals surface area contributed by atoms with Crippen molar-refractivity contribution in [3.05, 3.63) is 123 Å². The lowest BCUT2D eigenvalue weighted by Gasteiger charge is -2.42. The average molecular weight is 867 g/mol. The minimum Gasteiger partial charge on any atom is -0.508 e. The van der Waals surface area contributed by atoms with Crippen LogP contribution in [0.3, 0.4) is 0 Å². The van der Waals surface area contributed by atoms with Crippen molar-refractivity contribution in [1.29, 1.82) is 0 Å². The molecule has 3 heterocycles. The van der Waals surface area contributed by atoms with Crippen molar-refractivity contribution in [2.75, 3.05) is 0 Å². The lowest BCUT2D eigenvalue weighted by molar-refractivity contribution is -0.000173. The summed E-state index contributed by atoms with van der Waals surface area (Å²) in [5.74, 6) is -11.5. The molecule has 0 amide bonds. The van der Waals surface area contributed by atoms with Gasteiger partial charge >= 0.3 is 0 Å². The lowest BCUT2D eigenvalue weighted by Crippen LogP contribution is -2.38. The van der Waals surface area contributed by atoms with E-state index in [1.807, 2.05) is 0 Å². The number of hydrogen-bond acceptors (Lipinski definition) is 18. The largest absolute Gasteiger partial charge is 0.508 e. The van der Waals surface area contributed by atoms with E-state index in [2.05, 4.69) is 0 Å². The topological polar surface area (TPSA) is 331 Å². The van der Waals surface area contributed by atoms with Crippen LogP contribution in [0.15, 0.2) is 78.9 Å². The van der Waals surface area contributed by atoms with E-state index in [0.717, 1.165) is 60.7 Å². The van der Waals surface area contributed by atoms with E-state index in [1.54, 1.807) is 0 Å². The van der Waals surface area contributed by atoms with Crippen molar-refractivity contribution in [3.8, 4) is 86.2 Å². The van der Waals surface area contributed by atoms with Crippen LogP contribution in [0.1, 0.15) is 74.7 Å². The molecule has 15 N–H and O–H groups in total.